The van der Waals surface area contributed by atoms with Crippen LogP contribution in [0.15, 0.2) is 42.5 Å². The van der Waals surface area contributed by atoms with Crippen LogP contribution in [0.2, 0.25) is 0 Å². The van der Waals surface area contributed by atoms with Gasteiger partial charge < -0.3 is 14.4 Å². The molecule has 1 saturated heterocycles. The SMILES string of the molecule is CC(=O)OC(=O)C(C)(Oc1ccccc1)N1CCN(c2cc(C)nc(C)c2)CC1. The van der Waals surface area contributed by atoms with Crippen molar-refractivity contribution in [2.24, 2.45) is 0 Å². The molecule has 1 unspecified atom stereocenters. The lowest BCUT2D eigenvalue weighted by atomic mass is 10.1. The largest absolute Gasteiger partial charge is 0.461 e. The molecule has 0 N–H and O–H groups in total. The van der Waals surface area contributed by atoms with Gasteiger partial charge in [0, 0.05) is 57.1 Å². The lowest BCUT2D eigenvalue weighted by Gasteiger charge is -2.44. The fourth-order valence-corrected chi connectivity index (χ4v) is 3.56. The van der Waals surface area contributed by atoms with Crippen molar-refractivity contribution in [3.05, 3.63) is 53.9 Å². The summed E-state index contributed by atoms with van der Waals surface area (Å²) in [6, 6.07) is 13.2. The number of rotatable bonds is 5. The van der Waals surface area contributed by atoms with Crippen LogP contribution in [0.1, 0.15) is 25.2 Å². The number of para-hydroxylation sites is 1. The molecule has 0 spiro atoms. The fourth-order valence-electron chi connectivity index (χ4n) is 3.56. The summed E-state index contributed by atoms with van der Waals surface area (Å²) in [5, 5.41) is 0. The van der Waals surface area contributed by atoms with E-state index in [4.69, 9.17) is 9.47 Å². The molecule has 1 aromatic heterocycles. The third kappa shape index (κ3) is 4.92. The highest BCUT2D eigenvalue weighted by molar-refractivity contribution is 5.89. The van der Waals surface area contributed by atoms with Crippen molar-refractivity contribution in [2.75, 3.05) is 31.1 Å². The highest BCUT2D eigenvalue weighted by Crippen LogP contribution is 2.27. The second-order valence-electron chi connectivity index (χ2n) is 7.36. The highest BCUT2D eigenvalue weighted by atomic mass is 16.6. The number of carbonyl (C=O) groups excluding carboxylic acids is 2. The summed E-state index contributed by atoms with van der Waals surface area (Å²) >= 11 is 0. The predicted molar refractivity (Wildman–Crippen MR) is 110 cm³/mol. The van der Waals surface area contributed by atoms with Crippen LogP contribution in [0.5, 0.6) is 5.75 Å². The molecule has 7 nitrogen and oxygen atoms in total. The molecule has 154 valence electrons. The Balaban J connectivity index is 1.78. The van der Waals surface area contributed by atoms with Crippen molar-refractivity contribution in [3.63, 3.8) is 0 Å². The third-order valence-corrected chi connectivity index (χ3v) is 4.99. The van der Waals surface area contributed by atoms with Crippen LogP contribution >= 0.6 is 0 Å². The molecule has 0 aliphatic carbocycles. The zero-order chi connectivity index (χ0) is 21.0. The quantitative estimate of drug-likeness (QED) is 0.567. The highest BCUT2D eigenvalue weighted by Gasteiger charge is 2.45. The van der Waals surface area contributed by atoms with Gasteiger partial charge in [-0.1, -0.05) is 18.2 Å². The summed E-state index contributed by atoms with van der Waals surface area (Å²) in [6.45, 7) is 9.42. The van der Waals surface area contributed by atoms with Gasteiger partial charge in [0.25, 0.3) is 5.72 Å². The maximum Gasteiger partial charge on any atom is 0.373 e. The zero-order valence-corrected chi connectivity index (χ0v) is 17.3. The van der Waals surface area contributed by atoms with E-state index in [2.05, 4.69) is 22.0 Å². The molecule has 1 fully saturated rings. The summed E-state index contributed by atoms with van der Waals surface area (Å²) in [5.74, 6) is -0.824. The second-order valence-corrected chi connectivity index (χ2v) is 7.36. The molecule has 0 radical (unpaired) electrons. The van der Waals surface area contributed by atoms with Gasteiger partial charge in [0.1, 0.15) is 5.75 Å². The standard InChI is InChI=1S/C22H27N3O4/c1-16-14-19(15-17(2)23-16)24-10-12-25(13-11-24)22(4,21(27)28-18(3)26)29-20-8-6-5-7-9-20/h5-9,14-15H,10-13H2,1-4H3. The minimum atomic E-state index is -1.40. The average molecular weight is 397 g/mol. The van der Waals surface area contributed by atoms with E-state index in [0.29, 0.717) is 31.9 Å². The lowest BCUT2D eigenvalue weighted by Crippen LogP contribution is -2.63. The molecule has 7 heteroatoms. The number of aromatic nitrogens is 1. The lowest BCUT2D eigenvalue weighted by molar-refractivity contribution is -0.184. The first kappa shape index (κ1) is 20.8. The van der Waals surface area contributed by atoms with Crippen molar-refractivity contribution in [2.45, 2.75) is 33.4 Å². The Morgan fingerprint density at radius 2 is 1.59 bits per heavy atom. The Bertz CT molecular complexity index is 859. The Morgan fingerprint density at radius 3 is 2.14 bits per heavy atom. The molecule has 2 heterocycles. The van der Waals surface area contributed by atoms with Crippen LogP contribution < -0.4 is 9.64 Å². The van der Waals surface area contributed by atoms with Crippen molar-refractivity contribution < 1.29 is 19.1 Å². The number of pyridine rings is 1. The molecule has 3 rings (SSSR count). The molecule has 0 bridgehead atoms. The average Bonchev–Trinajstić information content (AvgIpc) is 2.67. The number of hydrogen-bond acceptors (Lipinski definition) is 7. The van der Waals surface area contributed by atoms with Crippen LogP contribution in [-0.2, 0) is 14.3 Å². The summed E-state index contributed by atoms with van der Waals surface area (Å²) in [7, 11) is 0. The molecule has 1 aliphatic rings. The first-order chi connectivity index (χ1) is 13.8. The summed E-state index contributed by atoms with van der Waals surface area (Å²) < 4.78 is 11.0. The van der Waals surface area contributed by atoms with Crippen molar-refractivity contribution in [1.82, 2.24) is 9.88 Å². The van der Waals surface area contributed by atoms with Crippen LogP contribution in [-0.4, -0.2) is 53.7 Å². The molecular weight excluding hydrogens is 370 g/mol. The van der Waals surface area contributed by atoms with Crippen molar-refractivity contribution in [3.8, 4) is 5.75 Å². The number of anilines is 1. The monoisotopic (exact) mass is 397 g/mol. The smallest absolute Gasteiger partial charge is 0.373 e. The molecule has 0 amide bonds. The fraction of sp³-hybridized carbons (Fsp3) is 0.409. The van der Waals surface area contributed by atoms with Gasteiger partial charge in [-0.15, -0.1) is 0 Å². The first-order valence-corrected chi connectivity index (χ1v) is 9.70. The minimum absolute atomic E-state index is 0.540. The van der Waals surface area contributed by atoms with Crippen LogP contribution in [0.4, 0.5) is 5.69 Å². The Morgan fingerprint density at radius 1 is 1.00 bits per heavy atom. The van der Waals surface area contributed by atoms with Gasteiger partial charge in [0.15, 0.2) is 0 Å². The van der Waals surface area contributed by atoms with E-state index in [1.165, 1.54) is 6.92 Å². The maximum atomic E-state index is 12.8. The van der Waals surface area contributed by atoms with E-state index in [1.807, 2.05) is 36.9 Å². The van der Waals surface area contributed by atoms with Gasteiger partial charge in [-0.2, -0.15) is 0 Å². The van der Waals surface area contributed by atoms with Crippen LogP contribution in [0.25, 0.3) is 0 Å². The zero-order valence-electron chi connectivity index (χ0n) is 17.3. The third-order valence-electron chi connectivity index (χ3n) is 4.99. The van der Waals surface area contributed by atoms with Gasteiger partial charge in [0.05, 0.1) is 0 Å². The maximum absolute atomic E-state index is 12.8. The van der Waals surface area contributed by atoms with Crippen molar-refractivity contribution >= 4 is 17.6 Å². The minimum Gasteiger partial charge on any atom is -0.461 e. The second kappa shape index (κ2) is 8.61. The van der Waals surface area contributed by atoms with E-state index in [0.717, 1.165) is 17.1 Å². The van der Waals surface area contributed by atoms with Gasteiger partial charge in [-0.3, -0.25) is 14.7 Å². The number of hydrogen-bond donors (Lipinski definition) is 0. The molecule has 1 aromatic carbocycles. The number of piperazine rings is 1. The molecule has 1 aliphatic heterocycles. The summed E-state index contributed by atoms with van der Waals surface area (Å²) in [4.78, 5) is 32.8. The molecule has 2 aromatic rings. The summed E-state index contributed by atoms with van der Waals surface area (Å²) in [6.07, 6.45) is 0. The first-order valence-electron chi connectivity index (χ1n) is 9.70. The predicted octanol–water partition coefficient (Wildman–Crippen LogP) is 2.71. The summed E-state index contributed by atoms with van der Waals surface area (Å²) in [5.41, 5.74) is 1.67. The molecule has 0 saturated carbocycles. The van der Waals surface area contributed by atoms with Crippen LogP contribution in [0, 0.1) is 13.8 Å². The van der Waals surface area contributed by atoms with E-state index >= 15 is 0 Å². The molecule has 1 atom stereocenters. The number of aryl methyl sites for hydroxylation is 2. The van der Waals surface area contributed by atoms with E-state index in [-0.39, 0.29) is 0 Å². The Hall–Kier alpha value is -2.93. The van der Waals surface area contributed by atoms with Crippen molar-refractivity contribution in [1.29, 1.82) is 0 Å². The molecular formula is C22H27N3O4. The van der Waals surface area contributed by atoms with Gasteiger partial charge in [-0.05, 0) is 38.1 Å². The Labute approximate surface area is 171 Å². The number of carbonyl (C=O) groups is 2. The van der Waals surface area contributed by atoms with Gasteiger partial charge in [-0.25, -0.2) is 4.79 Å². The number of ether oxygens (including phenoxy) is 2. The van der Waals surface area contributed by atoms with Gasteiger partial charge in [0.2, 0.25) is 0 Å². The topological polar surface area (TPSA) is 72.0 Å². The number of nitrogens with zero attached hydrogens (tertiary/aromatic N) is 3. The number of benzene rings is 1. The number of esters is 2. The van der Waals surface area contributed by atoms with E-state index in [1.54, 1.807) is 19.1 Å². The Kier molecular flexibility index (Phi) is 6.17. The van der Waals surface area contributed by atoms with E-state index < -0.39 is 17.7 Å². The van der Waals surface area contributed by atoms with Crippen LogP contribution in [0.3, 0.4) is 0 Å². The molecule has 29 heavy (non-hydrogen) atoms. The van der Waals surface area contributed by atoms with E-state index in [9.17, 15) is 9.59 Å². The van der Waals surface area contributed by atoms with Gasteiger partial charge >= 0.3 is 11.9 Å². The normalized spacial score (nSPS) is 16.8.